The molecule has 0 saturated carbocycles. The first-order valence-electron chi connectivity index (χ1n) is 7.85. The average Bonchev–Trinajstić information content (AvgIpc) is 2.73. The van der Waals surface area contributed by atoms with E-state index in [1.807, 2.05) is 12.1 Å². The highest BCUT2D eigenvalue weighted by molar-refractivity contribution is 9.10. The zero-order valence-electron chi connectivity index (χ0n) is 14.2. The number of halogens is 1. The third-order valence-electron chi connectivity index (χ3n) is 4.07. The Morgan fingerprint density at radius 1 is 1.12 bits per heavy atom. The smallest absolute Gasteiger partial charge is 0.255 e. The van der Waals surface area contributed by atoms with Crippen molar-refractivity contribution in [1.29, 1.82) is 0 Å². The van der Waals surface area contributed by atoms with E-state index in [4.69, 9.17) is 0 Å². The van der Waals surface area contributed by atoms with Crippen molar-refractivity contribution in [2.45, 2.75) is 13.8 Å². The Balaban J connectivity index is 1.84. The van der Waals surface area contributed by atoms with Crippen LogP contribution in [0.15, 0.2) is 53.0 Å². The number of nitrogens with one attached hydrogen (secondary N) is 1. The van der Waals surface area contributed by atoms with Gasteiger partial charge in [-0.1, -0.05) is 12.1 Å². The molecule has 0 atom stereocenters. The van der Waals surface area contributed by atoms with E-state index in [2.05, 4.69) is 21.2 Å². The number of benzene rings is 2. The minimum absolute atomic E-state index is 0.233. The number of rotatable bonds is 3. The number of hydrogen-bond acceptors (Lipinski definition) is 4. The molecule has 0 unspecified atom stereocenters. The summed E-state index contributed by atoms with van der Waals surface area (Å²) in [7, 11) is -3.71. The molecule has 1 heterocycles. The molecule has 0 aliphatic carbocycles. The fourth-order valence-electron chi connectivity index (χ4n) is 2.77. The minimum Gasteiger partial charge on any atom is -0.321 e. The lowest BCUT2D eigenvalue weighted by molar-refractivity contribution is -0.123. The molecule has 0 bridgehead atoms. The second-order valence-electron chi connectivity index (χ2n) is 6.69. The second-order valence-corrected chi connectivity index (χ2v) is 9.36. The molecule has 2 amide bonds. The Bertz CT molecular complexity index is 985. The molecular formula is C18H17BrN2O4S. The van der Waals surface area contributed by atoms with Crippen molar-refractivity contribution in [2.75, 3.05) is 15.4 Å². The summed E-state index contributed by atoms with van der Waals surface area (Å²) in [4.78, 5) is 24.8. The maximum absolute atomic E-state index is 12.4. The number of anilines is 2. The molecule has 1 aliphatic heterocycles. The lowest BCUT2D eigenvalue weighted by atomic mass is 9.95. The molecule has 1 saturated heterocycles. The second kappa shape index (κ2) is 6.51. The van der Waals surface area contributed by atoms with Gasteiger partial charge in [-0.15, -0.1) is 0 Å². The topological polar surface area (TPSA) is 83.6 Å². The number of hydrogen-bond donors (Lipinski definition) is 1. The maximum atomic E-state index is 12.4. The number of para-hydroxylation sites is 1. The first-order valence-corrected chi connectivity index (χ1v) is 10.3. The number of sulfonamides is 1. The number of amides is 2. The fourth-order valence-corrected chi connectivity index (χ4v) is 5.26. The number of carbonyl (C=O) groups excluding carboxylic acids is 2. The zero-order chi connectivity index (χ0) is 19.1. The highest BCUT2D eigenvalue weighted by atomic mass is 79.9. The van der Waals surface area contributed by atoms with Crippen LogP contribution < -0.4 is 9.62 Å². The highest BCUT2D eigenvalue weighted by Crippen LogP contribution is 2.35. The van der Waals surface area contributed by atoms with Gasteiger partial charge in [-0.05, 0) is 66.2 Å². The van der Waals surface area contributed by atoms with Gasteiger partial charge in [0.05, 0.1) is 22.5 Å². The molecule has 136 valence electrons. The van der Waals surface area contributed by atoms with Gasteiger partial charge >= 0.3 is 0 Å². The average molecular weight is 437 g/mol. The number of carbonyl (C=O) groups is 2. The summed E-state index contributed by atoms with van der Waals surface area (Å²) >= 11 is 3.36. The molecule has 1 aliphatic rings. The van der Waals surface area contributed by atoms with E-state index in [1.54, 1.807) is 26.0 Å². The van der Waals surface area contributed by atoms with Crippen LogP contribution in [0.2, 0.25) is 0 Å². The van der Waals surface area contributed by atoms with Gasteiger partial charge in [-0.2, -0.15) is 0 Å². The van der Waals surface area contributed by atoms with Crippen LogP contribution in [0.5, 0.6) is 0 Å². The van der Waals surface area contributed by atoms with Crippen molar-refractivity contribution < 1.29 is 18.0 Å². The van der Waals surface area contributed by atoms with Gasteiger partial charge < -0.3 is 5.32 Å². The van der Waals surface area contributed by atoms with Crippen LogP contribution in [-0.2, 0) is 14.8 Å². The van der Waals surface area contributed by atoms with E-state index in [0.717, 1.165) is 8.78 Å². The van der Waals surface area contributed by atoms with Gasteiger partial charge in [0, 0.05) is 10.0 Å². The van der Waals surface area contributed by atoms with Gasteiger partial charge in [-0.25, -0.2) is 12.7 Å². The lowest BCUT2D eigenvalue weighted by Gasteiger charge is -2.17. The van der Waals surface area contributed by atoms with E-state index in [1.165, 1.54) is 24.3 Å². The lowest BCUT2D eigenvalue weighted by Crippen LogP contribution is -2.32. The van der Waals surface area contributed by atoms with Crippen molar-refractivity contribution in [3.63, 3.8) is 0 Å². The van der Waals surface area contributed by atoms with E-state index in [9.17, 15) is 18.0 Å². The molecular weight excluding hydrogens is 420 g/mol. The highest BCUT2D eigenvalue weighted by Gasteiger charge is 2.49. The predicted octanol–water partition coefficient (Wildman–Crippen LogP) is 3.40. The van der Waals surface area contributed by atoms with Crippen molar-refractivity contribution in [1.82, 2.24) is 0 Å². The molecule has 1 fully saturated rings. The van der Waals surface area contributed by atoms with Crippen molar-refractivity contribution in [2.24, 2.45) is 5.41 Å². The minimum atomic E-state index is -3.71. The zero-order valence-corrected chi connectivity index (χ0v) is 16.6. The van der Waals surface area contributed by atoms with Crippen LogP contribution in [0.3, 0.4) is 0 Å². The summed E-state index contributed by atoms with van der Waals surface area (Å²) < 4.78 is 26.2. The molecule has 3 rings (SSSR count). The molecule has 0 radical (unpaired) electrons. The largest absolute Gasteiger partial charge is 0.321 e. The standard InChI is InChI=1S/C18H17BrN2O4S/c1-18(2)11-26(24,25)21(17(18)23)13-9-7-12(8-10-13)16(22)20-15-6-4-3-5-14(15)19/h3-10H,11H2,1-2H3,(H,20,22). The molecule has 2 aromatic carbocycles. The summed E-state index contributed by atoms with van der Waals surface area (Å²) in [6.07, 6.45) is 0. The van der Waals surface area contributed by atoms with E-state index < -0.39 is 21.3 Å². The Hall–Kier alpha value is -2.19. The molecule has 0 aromatic heterocycles. The van der Waals surface area contributed by atoms with E-state index >= 15 is 0 Å². The van der Waals surface area contributed by atoms with Crippen LogP contribution in [0.4, 0.5) is 11.4 Å². The Morgan fingerprint density at radius 2 is 1.73 bits per heavy atom. The normalized spacial score (nSPS) is 18.0. The van der Waals surface area contributed by atoms with E-state index in [0.29, 0.717) is 11.3 Å². The van der Waals surface area contributed by atoms with E-state index in [-0.39, 0.29) is 17.3 Å². The van der Waals surface area contributed by atoms with Gasteiger partial charge in [0.15, 0.2) is 0 Å². The molecule has 6 nitrogen and oxygen atoms in total. The number of nitrogens with zero attached hydrogens (tertiary/aromatic N) is 1. The molecule has 1 N–H and O–H groups in total. The van der Waals surface area contributed by atoms with Crippen molar-refractivity contribution >= 4 is 49.1 Å². The van der Waals surface area contributed by atoms with Gasteiger partial charge in [0.1, 0.15) is 0 Å². The third-order valence-corrected chi connectivity index (χ3v) is 6.78. The van der Waals surface area contributed by atoms with Gasteiger partial charge in [0.25, 0.3) is 5.91 Å². The monoisotopic (exact) mass is 436 g/mol. The molecule has 2 aromatic rings. The summed E-state index contributed by atoms with van der Waals surface area (Å²) in [5, 5.41) is 2.77. The van der Waals surface area contributed by atoms with Crippen molar-refractivity contribution in [3.8, 4) is 0 Å². The van der Waals surface area contributed by atoms with Crippen LogP contribution in [0.25, 0.3) is 0 Å². The van der Waals surface area contributed by atoms with Crippen LogP contribution in [-0.4, -0.2) is 26.0 Å². The summed E-state index contributed by atoms with van der Waals surface area (Å²) in [5.41, 5.74) is 0.250. The Morgan fingerprint density at radius 3 is 2.27 bits per heavy atom. The van der Waals surface area contributed by atoms with Crippen LogP contribution >= 0.6 is 15.9 Å². The van der Waals surface area contributed by atoms with Crippen LogP contribution in [0, 0.1) is 5.41 Å². The Kier molecular flexibility index (Phi) is 4.66. The third kappa shape index (κ3) is 3.39. The van der Waals surface area contributed by atoms with Gasteiger partial charge in [-0.3, -0.25) is 9.59 Å². The fraction of sp³-hybridized carbons (Fsp3) is 0.222. The summed E-state index contributed by atoms with van der Waals surface area (Å²) in [5.74, 6) is -1.04. The van der Waals surface area contributed by atoms with Crippen LogP contribution in [0.1, 0.15) is 24.2 Å². The van der Waals surface area contributed by atoms with Crippen molar-refractivity contribution in [3.05, 3.63) is 58.6 Å². The molecule has 0 spiro atoms. The molecule has 8 heteroatoms. The van der Waals surface area contributed by atoms with Gasteiger partial charge in [0.2, 0.25) is 15.9 Å². The Labute approximate surface area is 160 Å². The SMILES string of the molecule is CC1(C)CS(=O)(=O)N(c2ccc(C(=O)Nc3ccccc3Br)cc2)C1=O. The summed E-state index contributed by atoms with van der Waals surface area (Å²) in [6, 6.07) is 13.1. The quantitative estimate of drug-likeness (QED) is 0.798. The first-order chi connectivity index (χ1) is 12.1. The maximum Gasteiger partial charge on any atom is 0.255 e. The summed E-state index contributed by atoms with van der Waals surface area (Å²) in [6.45, 7) is 3.21. The first kappa shape index (κ1) is 18.6. The predicted molar refractivity (Wildman–Crippen MR) is 104 cm³/mol. The molecule has 26 heavy (non-hydrogen) atoms.